The summed E-state index contributed by atoms with van der Waals surface area (Å²) < 4.78 is 0. The number of allylic oxidation sites excluding steroid dienone is 4. The highest BCUT2D eigenvalue weighted by molar-refractivity contribution is 6.66. The average molecular weight is 213 g/mol. The van der Waals surface area contributed by atoms with Crippen LogP contribution in [0.4, 0.5) is 0 Å². The van der Waals surface area contributed by atoms with E-state index in [9.17, 15) is 0 Å². The van der Waals surface area contributed by atoms with Crippen molar-refractivity contribution in [1.82, 2.24) is 4.98 Å². The van der Waals surface area contributed by atoms with Crippen LogP contribution in [0.15, 0.2) is 54.3 Å². The molecule has 0 atom stereocenters. The van der Waals surface area contributed by atoms with Crippen molar-refractivity contribution in [3.63, 3.8) is 0 Å². The van der Waals surface area contributed by atoms with Crippen LogP contribution in [-0.2, 0) is 0 Å². The van der Waals surface area contributed by atoms with Crippen molar-refractivity contribution in [1.29, 1.82) is 0 Å². The number of pyridine rings is 1. The normalized spacial score (nSPS) is 12.8. The molecule has 1 heterocycles. The average Bonchev–Trinajstić information content (AvgIpc) is 2.88. The van der Waals surface area contributed by atoms with E-state index < -0.39 is 0 Å². The summed E-state index contributed by atoms with van der Waals surface area (Å²) in [7, 11) is 0. The Morgan fingerprint density at radius 2 is 1.81 bits per heavy atom. The van der Waals surface area contributed by atoms with Crippen LogP contribution in [0.1, 0.15) is 20.3 Å². The van der Waals surface area contributed by atoms with Crippen molar-refractivity contribution in [2.24, 2.45) is 0 Å². The van der Waals surface area contributed by atoms with Gasteiger partial charge in [0.1, 0.15) is 0 Å². The zero-order valence-electron chi connectivity index (χ0n) is 10.3. The summed E-state index contributed by atoms with van der Waals surface area (Å²) in [5, 5.41) is 0. The summed E-state index contributed by atoms with van der Waals surface area (Å²) in [5.74, 6) is 0. The molecule has 1 aromatic rings. The molecule has 2 heteroatoms. The first-order valence-corrected chi connectivity index (χ1v) is 6.09. The highest BCUT2D eigenvalue weighted by atomic mass is 14.6. The molecule has 0 saturated carbocycles. The van der Waals surface area contributed by atoms with E-state index in [1.807, 2.05) is 18.2 Å². The second-order valence-electron chi connectivity index (χ2n) is 3.91. The number of nitrogens with zero attached hydrogens (tertiary/aromatic N) is 1. The molecule has 0 bridgehead atoms. The summed E-state index contributed by atoms with van der Waals surface area (Å²) in [6, 6.07) is 5.72. The molecule has 0 saturated heterocycles. The fourth-order valence-electron chi connectivity index (χ4n) is 1.89. The Kier molecular flexibility index (Phi) is 6.32. The van der Waals surface area contributed by atoms with Gasteiger partial charge in [-0.3, -0.25) is 4.98 Å². The van der Waals surface area contributed by atoms with Gasteiger partial charge in [0, 0.05) is 12.4 Å². The summed E-state index contributed by atoms with van der Waals surface area (Å²) in [5.41, 5.74) is 1.63. The maximum atomic E-state index is 3.78. The smallest absolute Gasteiger partial charge is 0.170 e. The molecule has 1 aromatic heterocycles. The molecular weight excluding hydrogens is 193 g/mol. The van der Waals surface area contributed by atoms with Crippen LogP contribution in [0.25, 0.3) is 0 Å². The predicted octanol–water partition coefficient (Wildman–Crippen LogP) is 4.03. The Bertz CT molecular complexity index is 299. The van der Waals surface area contributed by atoms with E-state index in [0.29, 0.717) is 0 Å². The minimum Gasteiger partial charge on any atom is -0.265 e. The maximum absolute atomic E-state index is 3.78. The van der Waals surface area contributed by atoms with E-state index in [-0.39, 0.29) is 0 Å². The Morgan fingerprint density at radius 3 is 2.12 bits per heavy atom. The SMILES string of the molecule is CCB(CC)C1=CC=CC1.c1ccncc1. The Balaban J connectivity index is 0.000000181. The van der Waals surface area contributed by atoms with Gasteiger partial charge in [-0.1, -0.05) is 56.3 Å². The quantitative estimate of drug-likeness (QED) is 0.690. The maximum Gasteiger partial charge on any atom is 0.170 e. The molecule has 0 unspecified atom stereocenters. The van der Waals surface area contributed by atoms with Crippen LogP contribution in [-0.4, -0.2) is 11.7 Å². The molecule has 1 aliphatic rings. The first-order chi connectivity index (χ1) is 7.88. The molecule has 0 N–H and O–H groups in total. The lowest BCUT2D eigenvalue weighted by Gasteiger charge is -2.08. The third-order valence-electron chi connectivity index (χ3n) is 2.88. The molecule has 0 aromatic carbocycles. The van der Waals surface area contributed by atoms with Gasteiger partial charge in [0.2, 0.25) is 0 Å². The van der Waals surface area contributed by atoms with Gasteiger partial charge in [0.15, 0.2) is 6.71 Å². The highest BCUT2D eigenvalue weighted by Crippen LogP contribution is 2.18. The van der Waals surface area contributed by atoms with E-state index in [1.165, 1.54) is 19.1 Å². The van der Waals surface area contributed by atoms with Gasteiger partial charge in [-0.15, -0.1) is 0 Å². The second-order valence-corrected chi connectivity index (χ2v) is 3.91. The van der Waals surface area contributed by atoms with Gasteiger partial charge in [0.05, 0.1) is 0 Å². The number of rotatable bonds is 3. The molecule has 1 nitrogen and oxygen atoms in total. The number of hydrogen-bond donors (Lipinski definition) is 0. The molecule has 0 radical (unpaired) electrons. The molecule has 16 heavy (non-hydrogen) atoms. The molecule has 1 aliphatic carbocycles. The Labute approximate surface area is 99.4 Å². The molecule has 0 fully saturated rings. The summed E-state index contributed by atoms with van der Waals surface area (Å²) in [4.78, 5) is 3.78. The lowest BCUT2D eigenvalue weighted by molar-refractivity contribution is 1.26. The van der Waals surface area contributed by atoms with Crippen LogP contribution in [0, 0.1) is 0 Å². The lowest BCUT2D eigenvalue weighted by atomic mass is 9.40. The third kappa shape index (κ3) is 4.48. The van der Waals surface area contributed by atoms with Gasteiger partial charge in [-0.25, -0.2) is 0 Å². The highest BCUT2D eigenvalue weighted by Gasteiger charge is 2.13. The van der Waals surface area contributed by atoms with Gasteiger partial charge < -0.3 is 0 Å². The lowest BCUT2D eigenvalue weighted by Crippen LogP contribution is -2.11. The van der Waals surface area contributed by atoms with E-state index in [4.69, 9.17) is 0 Å². The zero-order chi connectivity index (χ0) is 11.6. The van der Waals surface area contributed by atoms with Gasteiger partial charge in [0.25, 0.3) is 0 Å². The largest absolute Gasteiger partial charge is 0.265 e. The van der Waals surface area contributed by atoms with E-state index in [1.54, 1.807) is 17.9 Å². The zero-order valence-corrected chi connectivity index (χ0v) is 10.3. The third-order valence-corrected chi connectivity index (χ3v) is 2.88. The van der Waals surface area contributed by atoms with Crippen LogP contribution in [0.5, 0.6) is 0 Å². The van der Waals surface area contributed by atoms with Gasteiger partial charge in [-0.2, -0.15) is 0 Å². The Hall–Kier alpha value is -1.31. The monoisotopic (exact) mass is 213 g/mol. The minimum atomic E-state index is 0.843. The van der Waals surface area contributed by atoms with Gasteiger partial charge >= 0.3 is 0 Å². The van der Waals surface area contributed by atoms with Crippen LogP contribution in [0.3, 0.4) is 0 Å². The summed E-state index contributed by atoms with van der Waals surface area (Å²) in [6.07, 6.45) is 14.0. The van der Waals surface area contributed by atoms with Crippen molar-refractivity contribution in [3.8, 4) is 0 Å². The van der Waals surface area contributed by atoms with Crippen LogP contribution < -0.4 is 0 Å². The molecule has 2 rings (SSSR count). The van der Waals surface area contributed by atoms with E-state index >= 15 is 0 Å². The fourth-order valence-corrected chi connectivity index (χ4v) is 1.89. The van der Waals surface area contributed by atoms with E-state index in [2.05, 4.69) is 37.1 Å². The summed E-state index contributed by atoms with van der Waals surface area (Å²) in [6.45, 7) is 5.38. The molecular formula is C14H20BN. The molecule has 0 amide bonds. The van der Waals surface area contributed by atoms with Crippen molar-refractivity contribution < 1.29 is 0 Å². The van der Waals surface area contributed by atoms with Crippen LogP contribution in [0.2, 0.25) is 12.6 Å². The molecule has 84 valence electrons. The van der Waals surface area contributed by atoms with Crippen LogP contribution >= 0.6 is 0 Å². The molecule has 0 aliphatic heterocycles. The van der Waals surface area contributed by atoms with E-state index in [0.717, 1.165) is 6.71 Å². The first kappa shape index (κ1) is 12.8. The molecule has 0 spiro atoms. The van der Waals surface area contributed by atoms with Crippen molar-refractivity contribution >= 4 is 6.71 Å². The summed E-state index contributed by atoms with van der Waals surface area (Å²) >= 11 is 0. The fraction of sp³-hybridized carbons (Fsp3) is 0.357. The number of aromatic nitrogens is 1. The topological polar surface area (TPSA) is 12.9 Å². The van der Waals surface area contributed by atoms with Crippen molar-refractivity contribution in [2.45, 2.75) is 32.9 Å². The number of hydrogen-bond acceptors (Lipinski definition) is 1. The van der Waals surface area contributed by atoms with Gasteiger partial charge in [-0.05, 0) is 18.6 Å². The van der Waals surface area contributed by atoms with Crippen molar-refractivity contribution in [3.05, 3.63) is 54.3 Å². The second kappa shape index (κ2) is 7.92. The Morgan fingerprint density at radius 1 is 1.12 bits per heavy atom. The first-order valence-electron chi connectivity index (χ1n) is 6.09. The minimum absolute atomic E-state index is 0.843. The standard InChI is InChI=1S/C9H15B.C5H5N/c1-3-10(4-2)9-7-5-6-8-9;1-2-4-6-5-3-1/h5-7H,3-4,8H2,1-2H3;1-5H. The van der Waals surface area contributed by atoms with Crippen molar-refractivity contribution in [2.75, 3.05) is 0 Å². The predicted molar refractivity (Wildman–Crippen MR) is 72.8 cm³/mol.